The zero-order chi connectivity index (χ0) is 18.8. The van der Waals surface area contributed by atoms with Gasteiger partial charge in [0.2, 0.25) is 0 Å². The summed E-state index contributed by atoms with van der Waals surface area (Å²) in [5, 5.41) is 11.0. The first-order valence-corrected chi connectivity index (χ1v) is 10.4. The quantitative estimate of drug-likeness (QED) is 0.239. The molecule has 0 aliphatic heterocycles. The number of aliphatic imine (C=N–C) groups is 1. The van der Waals surface area contributed by atoms with Crippen LogP contribution in [0, 0.1) is 13.8 Å². The lowest BCUT2D eigenvalue weighted by molar-refractivity contribution is 0.555. The third-order valence-corrected chi connectivity index (χ3v) is 5.27. The van der Waals surface area contributed by atoms with Crippen LogP contribution in [0.4, 0.5) is 0 Å². The second kappa shape index (κ2) is 12.9. The number of aryl methyl sites for hydroxylation is 3. The number of rotatable bonds is 9. The number of aromatic nitrogens is 2. The highest BCUT2D eigenvalue weighted by Crippen LogP contribution is 2.03. The Morgan fingerprint density at radius 1 is 1.19 bits per heavy atom. The molecule has 0 saturated heterocycles. The van der Waals surface area contributed by atoms with Crippen LogP contribution in [0.25, 0.3) is 0 Å². The highest BCUT2D eigenvalue weighted by molar-refractivity contribution is 14.0. The van der Waals surface area contributed by atoms with Crippen molar-refractivity contribution in [1.29, 1.82) is 0 Å². The van der Waals surface area contributed by atoms with Gasteiger partial charge in [0.05, 0.1) is 5.69 Å². The lowest BCUT2D eigenvalue weighted by Gasteiger charge is -2.12. The lowest BCUT2D eigenvalue weighted by Crippen LogP contribution is -2.39. The van der Waals surface area contributed by atoms with Crippen molar-refractivity contribution in [2.75, 3.05) is 25.9 Å². The summed E-state index contributed by atoms with van der Waals surface area (Å²) in [5.41, 5.74) is 3.35. The summed E-state index contributed by atoms with van der Waals surface area (Å²) in [7, 11) is 0.868. The number of halogens is 1. The van der Waals surface area contributed by atoms with Crippen molar-refractivity contribution in [3.05, 3.63) is 53.3 Å². The number of benzene rings is 1. The summed E-state index contributed by atoms with van der Waals surface area (Å²) in [4.78, 5) is 4.21. The van der Waals surface area contributed by atoms with Crippen molar-refractivity contribution in [2.24, 2.45) is 4.99 Å². The largest absolute Gasteiger partial charge is 0.356 e. The predicted octanol–water partition coefficient (Wildman–Crippen LogP) is 2.62. The smallest absolute Gasteiger partial charge is 0.191 e. The molecular weight excluding hydrogens is 473 g/mol. The molecule has 1 aromatic carbocycles. The first-order chi connectivity index (χ1) is 12.6. The van der Waals surface area contributed by atoms with Gasteiger partial charge in [0, 0.05) is 54.7 Å². The first-order valence-electron chi connectivity index (χ1n) is 8.93. The van der Waals surface area contributed by atoms with Crippen LogP contribution < -0.4 is 10.6 Å². The SMILES string of the molecule is CN=C(NCCCn1nc(C)cc1C)NCCS(=O)Cc1ccccc1.I. The first kappa shape index (κ1) is 23.6. The molecule has 0 aliphatic rings. The van der Waals surface area contributed by atoms with Gasteiger partial charge in [-0.05, 0) is 31.9 Å². The molecule has 0 spiro atoms. The van der Waals surface area contributed by atoms with E-state index in [1.54, 1.807) is 7.05 Å². The number of guanidine groups is 1. The minimum absolute atomic E-state index is 0. The number of nitrogens with one attached hydrogen (secondary N) is 2. The fourth-order valence-electron chi connectivity index (χ4n) is 2.67. The molecule has 6 nitrogen and oxygen atoms in total. The van der Waals surface area contributed by atoms with Crippen LogP contribution in [0.1, 0.15) is 23.4 Å². The number of hydrogen-bond acceptors (Lipinski definition) is 3. The van der Waals surface area contributed by atoms with Gasteiger partial charge in [-0.25, -0.2) is 0 Å². The Balaban J connectivity index is 0.00000364. The molecule has 1 atom stereocenters. The maximum absolute atomic E-state index is 12.1. The van der Waals surface area contributed by atoms with Crippen LogP contribution in [0.3, 0.4) is 0 Å². The van der Waals surface area contributed by atoms with Crippen molar-refractivity contribution < 1.29 is 4.21 Å². The van der Waals surface area contributed by atoms with E-state index in [1.165, 1.54) is 5.69 Å². The Kier molecular flexibility index (Phi) is 11.3. The fourth-order valence-corrected chi connectivity index (χ4v) is 3.71. The van der Waals surface area contributed by atoms with E-state index in [2.05, 4.69) is 33.7 Å². The molecule has 1 aromatic heterocycles. The van der Waals surface area contributed by atoms with Gasteiger partial charge >= 0.3 is 0 Å². The minimum Gasteiger partial charge on any atom is -0.356 e. The van der Waals surface area contributed by atoms with Crippen LogP contribution in [0.5, 0.6) is 0 Å². The minimum atomic E-state index is -0.879. The van der Waals surface area contributed by atoms with Gasteiger partial charge in [-0.2, -0.15) is 5.10 Å². The molecule has 0 radical (unpaired) electrons. The summed E-state index contributed by atoms with van der Waals surface area (Å²) in [6, 6.07) is 12.0. The standard InChI is InChI=1S/C19H29N5OS.HI/c1-16-14-17(2)24(23-16)12-7-10-21-19(20-3)22-11-13-26(25)15-18-8-5-4-6-9-18;/h4-6,8-9,14H,7,10-13,15H2,1-3H3,(H2,20,21,22);1H. The van der Waals surface area contributed by atoms with Crippen molar-refractivity contribution in [3.8, 4) is 0 Å². The van der Waals surface area contributed by atoms with Gasteiger partial charge in [0.1, 0.15) is 0 Å². The van der Waals surface area contributed by atoms with Crippen LogP contribution in [-0.4, -0.2) is 45.8 Å². The van der Waals surface area contributed by atoms with Crippen LogP contribution in [-0.2, 0) is 23.1 Å². The number of hydrogen-bond donors (Lipinski definition) is 2. The lowest BCUT2D eigenvalue weighted by atomic mass is 10.2. The van der Waals surface area contributed by atoms with E-state index in [0.29, 0.717) is 18.1 Å². The Labute approximate surface area is 181 Å². The van der Waals surface area contributed by atoms with Crippen LogP contribution >= 0.6 is 24.0 Å². The predicted molar refractivity (Wildman–Crippen MR) is 124 cm³/mol. The van der Waals surface area contributed by atoms with E-state index in [4.69, 9.17) is 0 Å². The number of nitrogens with zero attached hydrogens (tertiary/aromatic N) is 3. The van der Waals surface area contributed by atoms with Crippen LogP contribution in [0.15, 0.2) is 41.4 Å². The van der Waals surface area contributed by atoms with E-state index in [-0.39, 0.29) is 24.0 Å². The maximum Gasteiger partial charge on any atom is 0.191 e. The van der Waals surface area contributed by atoms with Gasteiger partial charge < -0.3 is 10.6 Å². The second-order valence-electron chi connectivity index (χ2n) is 6.20. The molecule has 2 aromatic rings. The third-order valence-electron chi connectivity index (χ3n) is 3.96. The van der Waals surface area contributed by atoms with Crippen molar-refractivity contribution in [3.63, 3.8) is 0 Å². The monoisotopic (exact) mass is 503 g/mol. The highest BCUT2D eigenvalue weighted by Gasteiger charge is 2.04. The Hall–Kier alpha value is -1.42. The molecule has 1 heterocycles. The van der Waals surface area contributed by atoms with Crippen LogP contribution in [0.2, 0.25) is 0 Å². The molecular formula is C19H30IN5OS. The van der Waals surface area contributed by atoms with Crippen molar-refractivity contribution in [1.82, 2.24) is 20.4 Å². The van der Waals surface area contributed by atoms with E-state index in [0.717, 1.165) is 36.7 Å². The molecule has 2 N–H and O–H groups in total. The molecule has 8 heteroatoms. The fraction of sp³-hybridized carbons (Fsp3) is 0.474. The zero-order valence-electron chi connectivity index (χ0n) is 16.3. The van der Waals surface area contributed by atoms with Crippen molar-refractivity contribution in [2.45, 2.75) is 32.6 Å². The van der Waals surface area contributed by atoms with Gasteiger partial charge in [-0.3, -0.25) is 13.9 Å². The molecule has 27 heavy (non-hydrogen) atoms. The van der Waals surface area contributed by atoms with Gasteiger partial charge in [0.15, 0.2) is 5.96 Å². The van der Waals surface area contributed by atoms with Crippen molar-refractivity contribution >= 4 is 40.7 Å². The summed E-state index contributed by atoms with van der Waals surface area (Å²) < 4.78 is 14.2. The molecule has 0 fully saturated rings. The summed E-state index contributed by atoms with van der Waals surface area (Å²) in [5.74, 6) is 1.94. The average Bonchev–Trinajstić information content (AvgIpc) is 2.95. The van der Waals surface area contributed by atoms with E-state index in [1.807, 2.05) is 41.9 Å². The maximum atomic E-state index is 12.1. The second-order valence-corrected chi connectivity index (χ2v) is 7.78. The summed E-state index contributed by atoms with van der Waals surface area (Å²) in [6.07, 6.45) is 0.961. The van der Waals surface area contributed by atoms with E-state index >= 15 is 0 Å². The molecule has 0 saturated carbocycles. The van der Waals surface area contributed by atoms with E-state index < -0.39 is 10.8 Å². The molecule has 0 bridgehead atoms. The Morgan fingerprint density at radius 3 is 2.52 bits per heavy atom. The average molecular weight is 503 g/mol. The molecule has 0 aliphatic carbocycles. The van der Waals surface area contributed by atoms with E-state index in [9.17, 15) is 4.21 Å². The third kappa shape index (κ3) is 8.87. The Morgan fingerprint density at radius 2 is 1.89 bits per heavy atom. The zero-order valence-corrected chi connectivity index (χ0v) is 19.4. The highest BCUT2D eigenvalue weighted by atomic mass is 127. The van der Waals surface area contributed by atoms with Gasteiger partial charge in [0.25, 0.3) is 0 Å². The molecule has 2 rings (SSSR count). The Bertz CT molecular complexity index is 733. The molecule has 1 unspecified atom stereocenters. The topological polar surface area (TPSA) is 71.3 Å². The van der Waals surface area contributed by atoms with Gasteiger partial charge in [-0.15, -0.1) is 24.0 Å². The van der Waals surface area contributed by atoms with Gasteiger partial charge in [-0.1, -0.05) is 30.3 Å². The molecule has 0 amide bonds. The summed E-state index contributed by atoms with van der Waals surface area (Å²) in [6.45, 7) is 6.41. The summed E-state index contributed by atoms with van der Waals surface area (Å²) >= 11 is 0. The molecule has 150 valence electrons. The normalized spacial score (nSPS) is 12.3.